The maximum absolute atomic E-state index is 11.4. The van der Waals surface area contributed by atoms with E-state index in [0.29, 0.717) is 23.9 Å². The molecule has 0 aliphatic carbocycles. The Morgan fingerprint density at radius 1 is 1.27 bits per heavy atom. The van der Waals surface area contributed by atoms with Gasteiger partial charge < -0.3 is 20.4 Å². The number of anilines is 1. The van der Waals surface area contributed by atoms with Gasteiger partial charge in [-0.3, -0.25) is 0 Å². The highest BCUT2D eigenvalue weighted by molar-refractivity contribution is 14.0. The number of benzene rings is 1. The highest BCUT2D eigenvalue weighted by atomic mass is 127. The van der Waals surface area contributed by atoms with E-state index in [0.717, 1.165) is 44.0 Å². The third-order valence-electron chi connectivity index (χ3n) is 4.98. The minimum atomic E-state index is -2.98. The predicted octanol–water partition coefficient (Wildman–Crippen LogP) is 2.59. The van der Waals surface area contributed by atoms with Gasteiger partial charge in [-0.25, -0.2) is 13.4 Å². The van der Waals surface area contributed by atoms with Crippen molar-refractivity contribution in [1.29, 1.82) is 0 Å². The molecule has 1 atom stereocenters. The molecule has 0 radical (unpaired) electrons. The molecule has 1 saturated heterocycles. The fourth-order valence-corrected chi connectivity index (χ4v) is 4.23. The fraction of sp³-hybridized carbons (Fsp3) is 0.650. The van der Waals surface area contributed by atoms with Crippen molar-refractivity contribution >= 4 is 57.1 Å². The van der Waals surface area contributed by atoms with Gasteiger partial charge in [-0.15, -0.1) is 24.0 Å². The number of piperazine rings is 1. The van der Waals surface area contributed by atoms with Crippen LogP contribution in [0.3, 0.4) is 0 Å². The molecule has 1 unspecified atom stereocenters. The molecule has 1 aliphatic heterocycles. The number of hydrogen-bond donors (Lipinski definition) is 2. The SMILES string of the molecule is CCNC(=NCc1c(Cl)cccc1N1CCN(C)CC1)NC(C)CCS(C)(=O)=O.I. The number of likely N-dealkylation sites (N-methyl/N-ethyl adjacent to an activating group) is 1. The third-order valence-corrected chi connectivity index (χ3v) is 6.31. The number of nitrogens with one attached hydrogen (secondary N) is 2. The summed E-state index contributed by atoms with van der Waals surface area (Å²) in [5.74, 6) is 0.816. The molecule has 1 heterocycles. The molecule has 0 bridgehead atoms. The summed E-state index contributed by atoms with van der Waals surface area (Å²) in [6.07, 6.45) is 1.79. The monoisotopic (exact) mass is 571 g/mol. The van der Waals surface area contributed by atoms with E-state index >= 15 is 0 Å². The van der Waals surface area contributed by atoms with Crippen LogP contribution < -0.4 is 15.5 Å². The Labute approximate surface area is 203 Å². The summed E-state index contributed by atoms with van der Waals surface area (Å²) in [6.45, 7) is 9.12. The molecular formula is C20H35ClIN5O2S. The van der Waals surface area contributed by atoms with Gasteiger partial charge in [-0.2, -0.15) is 0 Å². The summed E-state index contributed by atoms with van der Waals surface area (Å²) in [7, 11) is -0.838. The molecule has 172 valence electrons. The number of rotatable bonds is 8. The van der Waals surface area contributed by atoms with Crippen LogP contribution in [0.15, 0.2) is 23.2 Å². The van der Waals surface area contributed by atoms with Crippen LogP contribution in [0.25, 0.3) is 0 Å². The van der Waals surface area contributed by atoms with E-state index < -0.39 is 9.84 Å². The van der Waals surface area contributed by atoms with E-state index in [2.05, 4.69) is 33.5 Å². The number of halogens is 2. The van der Waals surface area contributed by atoms with Crippen LogP contribution in [0, 0.1) is 0 Å². The molecule has 0 aromatic heterocycles. The molecule has 2 rings (SSSR count). The summed E-state index contributed by atoms with van der Waals surface area (Å²) in [4.78, 5) is 9.41. The number of sulfone groups is 1. The minimum absolute atomic E-state index is 0. The molecule has 0 spiro atoms. The lowest BCUT2D eigenvalue weighted by Crippen LogP contribution is -2.45. The van der Waals surface area contributed by atoms with Crippen molar-refractivity contribution in [2.24, 2.45) is 4.99 Å². The van der Waals surface area contributed by atoms with Crippen molar-refractivity contribution in [3.63, 3.8) is 0 Å². The first-order chi connectivity index (χ1) is 13.7. The van der Waals surface area contributed by atoms with Crippen LogP contribution in [0.2, 0.25) is 5.02 Å². The Morgan fingerprint density at radius 2 is 1.93 bits per heavy atom. The number of guanidine groups is 1. The van der Waals surface area contributed by atoms with E-state index in [9.17, 15) is 8.42 Å². The minimum Gasteiger partial charge on any atom is -0.369 e. The van der Waals surface area contributed by atoms with Crippen molar-refractivity contribution in [1.82, 2.24) is 15.5 Å². The lowest BCUT2D eigenvalue weighted by atomic mass is 10.1. The zero-order chi connectivity index (χ0) is 21.4. The molecule has 10 heteroatoms. The predicted molar refractivity (Wildman–Crippen MR) is 138 cm³/mol. The Hall–Kier alpha value is -0.780. The van der Waals surface area contributed by atoms with Gasteiger partial charge in [0.2, 0.25) is 0 Å². The van der Waals surface area contributed by atoms with Crippen LogP contribution in [0.1, 0.15) is 25.8 Å². The van der Waals surface area contributed by atoms with E-state index in [-0.39, 0.29) is 35.8 Å². The molecule has 0 saturated carbocycles. The zero-order valence-corrected chi connectivity index (χ0v) is 22.2. The van der Waals surface area contributed by atoms with Crippen LogP contribution in [-0.2, 0) is 16.4 Å². The van der Waals surface area contributed by atoms with Crippen LogP contribution >= 0.6 is 35.6 Å². The first-order valence-electron chi connectivity index (χ1n) is 10.1. The zero-order valence-electron chi connectivity index (χ0n) is 18.3. The van der Waals surface area contributed by atoms with Gasteiger partial charge in [0.1, 0.15) is 9.84 Å². The Balaban J connectivity index is 0.00000450. The van der Waals surface area contributed by atoms with Gasteiger partial charge in [0.05, 0.1) is 12.3 Å². The standard InChI is InChI=1S/C20H34ClN5O2S.HI/c1-5-22-20(24-16(2)9-14-29(4,27)28)23-15-17-18(21)7-6-8-19(17)26-12-10-25(3)11-13-26;/h6-8,16H,5,9-15H2,1-4H3,(H2,22,23,24);1H. The highest BCUT2D eigenvalue weighted by Crippen LogP contribution is 2.29. The third kappa shape index (κ3) is 9.15. The van der Waals surface area contributed by atoms with Crippen molar-refractivity contribution in [2.75, 3.05) is 56.7 Å². The normalized spacial score (nSPS) is 16.7. The maximum atomic E-state index is 11.4. The van der Waals surface area contributed by atoms with Gasteiger partial charge >= 0.3 is 0 Å². The first kappa shape index (κ1) is 27.3. The number of hydrogen-bond acceptors (Lipinski definition) is 5. The smallest absolute Gasteiger partial charge is 0.191 e. The molecular weight excluding hydrogens is 537 g/mol. The summed E-state index contributed by atoms with van der Waals surface area (Å²) in [6, 6.07) is 5.99. The van der Waals surface area contributed by atoms with Crippen LogP contribution in [0.4, 0.5) is 5.69 Å². The molecule has 0 amide bonds. The maximum Gasteiger partial charge on any atom is 0.191 e. The second-order valence-electron chi connectivity index (χ2n) is 7.69. The topological polar surface area (TPSA) is 77.0 Å². The first-order valence-corrected chi connectivity index (χ1v) is 12.6. The molecule has 2 N–H and O–H groups in total. The molecule has 30 heavy (non-hydrogen) atoms. The molecule has 1 aromatic rings. The van der Waals surface area contributed by atoms with E-state index in [1.54, 1.807) is 0 Å². The molecule has 7 nitrogen and oxygen atoms in total. The second kappa shape index (κ2) is 12.9. The molecule has 1 aliphatic rings. The number of aliphatic imine (C=N–C) groups is 1. The summed E-state index contributed by atoms with van der Waals surface area (Å²) >= 11 is 6.53. The van der Waals surface area contributed by atoms with Crippen LogP contribution in [0.5, 0.6) is 0 Å². The van der Waals surface area contributed by atoms with Crippen molar-refractivity contribution < 1.29 is 8.42 Å². The average Bonchev–Trinajstić information content (AvgIpc) is 2.65. The van der Waals surface area contributed by atoms with E-state index in [1.807, 2.05) is 26.0 Å². The van der Waals surface area contributed by atoms with Crippen molar-refractivity contribution in [3.8, 4) is 0 Å². The Morgan fingerprint density at radius 3 is 2.53 bits per heavy atom. The Kier molecular flexibility index (Phi) is 11.7. The molecule has 1 fully saturated rings. The fourth-order valence-electron chi connectivity index (χ4n) is 3.22. The lowest BCUT2D eigenvalue weighted by Gasteiger charge is -2.35. The summed E-state index contributed by atoms with van der Waals surface area (Å²) in [5.41, 5.74) is 2.15. The summed E-state index contributed by atoms with van der Waals surface area (Å²) < 4.78 is 22.8. The van der Waals surface area contributed by atoms with Gasteiger partial charge in [-0.1, -0.05) is 17.7 Å². The van der Waals surface area contributed by atoms with Crippen molar-refractivity contribution in [3.05, 3.63) is 28.8 Å². The van der Waals surface area contributed by atoms with E-state index in [4.69, 9.17) is 16.6 Å². The second-order valence-corrected chi connectivity index (χ2v) is 10.4. The van der Waals surface area contributed by atoms with E-state index in [1.165, 1.54) is 6.26 Å². The van der Waals surface area contributed by atoms with Gasteiger partial charge in [0, 0.05) is 61.3 Å². The largest absolute Gasteiger partial charge is 0.369 e. The quantitative estimate of drug-likeness (QED) is 0.284. The molecule has 1 aromatic carbocycles. The number of nitrogens with zero attached hydrogens (tertiary/aromatic N) is 3. The van der Waals surface area contributed by atoms with Gasteiger partial charge in [0.25, 0.3) is 0 Å². The lowest BCUT2D eigenvalue weighted by molar-refractivity contribution is 0.312. The van der Waals surface area contributed by atoms with Gasteiger partial charge in [-0.05, 0) is 39.4 Å². The van der Waals surface area contributed by atoms with Crippen molar-refractivity contribution in [2.45, 2.75) is 32.9 Å². The highest BCUT2D eigenvalue weighted by Gasteiger charge is 2.18. The average molecular weight is 572 g/mol. The summed E-state index contributed by atoms with van der Waals surface area (Å²) in [5, 5.41) is 7.24. The van der Waals surface area contributed by atoms with Crippen LogP contribution in [-0.4, -0.2) is 77.1 Å². The Bertz CT molecular complexity index is 798. The van der Waals surface area contributed by atoms with Gasteiger partial charge in [0.15, 0.2) is 5.96 Å².